The van der Waals surface area contributed by atoms with Crippen molar-refractivity contribution in [3.05, 3.63) is 29.8 Å². The van der Waals surface area contributed by atoms with Gasteiger partial charge in [0, 0.05) is 6.04 Å². The van der Waals surface area contributed by atoms with Gasteiger partial charge in [-0.2, -0.15) is 0 Å². The van der Waals surface area contributed by atoms with Gasteiger partial charge in [0.1, 0.15) is 11.4 Å². The molecule has 0 aromatic heterocycles. The molecule has 152 valence electrons. The third-order valence-corrected chi connectivity index (χ3v) is 3.95. The third-order valence-electron chi connectivity index (χ3n) is 3.95. The Kier molecular flexibility index (Phi) is 9.12. The topological polar surface area (TPSA) is 84.9 Å². The van der Waals surface area contributed by atoms with Crippen LogP contribution in [0.15, 0.2) is 24.3 Å². The standard InChI is InChI=1S/C21H33NO5/c1-6-7-12-26-18-10-8-16(9-11-18)14-17(13-15(2)19(23)24)22-20(25)27-21(3,4)5/h8-11,15,17H,6-7,12-14H2,1-5H3,(H,22,25)(H,23,24)/t15-,17-/m1/s1. The molecule has 1 amide bonds. The highest BCUT2D eigenvalue weighted by Crippen LogP contribution is 2.17. The van der Waals surface area contributed by atoms with Crippen molar-refractivity contribution in [3.63, 3.8) is 0 Å². The van der Waals surface area contributed by atoms with Crippen molar-refractivity contribution >= 4 is 12.1 Å². The minimum atomic E-state index is -0.884. The number of rotatable bonds is 10. The molecule has 0 radical (unpaired) electrons. The second-order valence-corrected chi connectivity index (χ2v) is 7.87. The molecule has 0 saturated carbocycles. The smallest absolute Gasteiger partial charge is 0.407 e. The van der Waals surface area contributed by atoms with Gasteiger partial charge >= 0.3 is 12.1 Å². The summed E-state index contributed by atoms with van der Waals surface area (Å²) in [4.78, 5) is 23.3. The molecule has 27 heavy (non-hydrogen) atoms. The molecule has 0 saturated heterocycles. The summed E-state index contributed by atoms with van der Waals surface area (Å²) in [5.41, 5.74) is 0.390. The first kappa shape index (κ1) is 22.8. The number of hydrogen-bond acceptors (Lipinski definition) is 4. The second kappa shape index (κ2) is 10.8. The zero-order valence-corrected chi connectivity index (χ0v) is 17.1. The Morgan fingerprint density at radius 2 is 1.81 bits per heavy atom. The van der Waals surface area contributed by atoms with Gasteiger partial charge in [-0.15, -0.1) is 0 Å². The monoisotopic (exact) mass is 379 g/mol. The van der Waals surface area contributed by atoms with Crippen molar-refractivity contribution < 1.29 is 24.2 Å². The molecule has 1 rings (SSSR count). The molecular formula is C21H33NO5. The van der Waals surface area contributed by atoms with E-state index in [1.165, 1.54) is 0 Å². The Labute approximate surface area is 162 Å². The molecule has 1 aromatic rings. The summed E-state index contributed by atoms with van der Waals surface area (Å²) in [7, 11) is 0. The number of carbonyl (C=O) groups is 2. The number of nitrogens with one attached hydrogen (secondary N) is 1. The minimum absolute atomic E-state index is 0.323. The minimum Gasteiger partial charge on any atom is -0.494 e. The van der Waals surface area contributed by atoms with Gasteiger partial charge in [-0.1, -0.05) is 32.4 Å². The van der Waals surface area contributed by atoms with Gasteiger partial charge in [0.05, 0.1) is 12.5 Å². The molecule has 0 aliphatic carbocycles. The lowest BCUT2D eigenvalue weighted by molar-refractivity contribution is -0.141. The van der Waals surface area contributed by atoms with Crippen LogP contribution >= 0.6 is 0 Å². The van der Waals surface area contributed by atoms with Gasteiger partial charge in [0.25, 0.3) is 0 Å². The van der Waals surface area contributed by atoms with Crippen molar-refractivity contribution in [1.29, 1.82) is 0 Å². The fourth-order valence-electron chi connectivity index (χ4n) is 2.54. The van der Waals surface area contributed by atoms with Gasteiger partial charge in [-0.3, -0.25) is 4.79 Å². The lowest BCUT2D eigenvalue weighted by Crippen LogP contribution is -2.41. The van der Waals surface area contributed by atoms with E-state index in [1.807, 2.05) is 24.3 Å². The molecule has 1 aromatic carbocycles. The number of carboxylic acid groups (broad SMARTS) is 1. The molecule has 6 nitrogen and oxygen atoms in total. The Morgan fingerprint density at radius 1 is 1.19 bits per heavy atom. The summed E-state index contributed by atoms with van der Waals surface area (Å²) < 4.78 is 11.0. The number of ether oxygens (including phenoxy) is 2. The van der Waals surface area contributed by atoms with E-state index >= 15 is 0 Å². The van der Waals surface area contributed by atoms with Crippen LogP contribution in [0.5, 0.6) is 5.75 Å². The van der Waals surface area contributed by atoms with Crippen LogP contribution in [0.3, 0.4) is 0 Å². The first-order valence-electron chi connectivity index (χ1n) is 9.54. The van der Waals surface area contributed by atoms with Crippen LogP contribution in [0.25, 0.3) is 0 Å². The maximum absolute atomic E-state index is 12.1. The lowest BCUT2D eigenvalue weighted by Gasteiger charge is -2.24. The molecule has 0 aliphatic heterocycles. The van der Waals surface area contributed by atoms with Gasteiger partial charge in [-0.05, 0) is 57.7 Å². The fourth-order valence-corrected chi connectivity index (χ4v) is 2.54. The van der Waals surface area contributed by atoms with Crippen molar-refractivity contribution in [2.75, 3.05) is 6.61 Å². The number of alkyl carbamates (subject to hydrolysis) is 1. The average Bonchev–Trinajstić information content (AvgIpc) is 2.54. The van der Waals surface area contributed by atoms with Gasteiger partial charge in [0.15, 0.2) is 0 Å². The van der Waals surface area contributed by atoms with Gasteiger partial charge in [0.2, 0.25) is 0 Å². The SMILES string of the molecule is CCCCOc1ccc(C[C@@H](C[C@@H](C)C(=O)O)NC(=O)OC(C)(C)C)cc1. The van der Waals surface area contributed by atoms with Crippen LogP contribution < -0.4 is 10.1 Å². The highest BCUT2D eigenvalue weighted by molar-refractivity contribution is 5.70. The van der Waals surface area contributed by atoms with Gasteiger partial charge < -0.3 is 19.9 Å². The Balaban J connectivity index is 2.74. The molecular weight excluding hydrogens is 346 g/mol. The Bertz CT molecular complexity index is 592. The van der Waals surface area contributed by atoms with E-state index in [9.17, 15) is 14.7 Å². The number of carboxylic acids is 1. The van der Waals surface area contributed by atoms with Gasteiger partial charge in [-0.25, -0.2) is 4.79 Å². The van der Waals surface area contributed by atoms with Crippen molar-refractivity contribution in [3.8, 4) is 5.75 Å². The summed E-state index contributed by atoms with van der Waals surface area (Å²) in [6.07, 6.45) is 2.40. The van der Waals surface area contributed by atoms with E-state index in [-0.39, 0.29) is 6.04 Å². The summed E-state index contributed by atoms with van der Waals surface area (Å²) >= 11 is 0. The van der Waals surface area contributed by atoms with Crippen LogP contribution in [0, 0.1) is 5.92 Å². The van der Waals surface area contributed by atoms with Crippen molar-refractivity contribution in [2.24, 2.45) is 5.92 Å². The normalized spacial score (nSPS) is 13.5. The van der Waals surface area contributed by atoms with Crippen molar-refractivity contribution in [1.82, 2.24) is 5.32 Å². The van der Waals surface area contributed by atoms with E-state index < -0.39 is 23.6 Å². The first-order valence-corrected chi connectivity index (χ1v) is 9.54. The molecule has 0 bridgehead atoms. The largest absolute Gasteiger partial charge is 0.494 e. The van der Waals surface area contributed by atoms with Crippen LogP contribution in [-0.4, -0.2) is 35.4 Å². The predicted molar refractivity (Wildman–Crippen MR) is 105 cm³/mol. The molecule has 2 N–H and O–H groups in total. The van der Waals surface area contributed by atoms with Crippen molar-refractivity contribution in [2.45, 2.75) is 71.9 Å². The predicted octanol–water partition coefficient (Wildman–Crippen LogP) is 4.41. The van der Waals surface area contributed by atoms with E-state index in [2.05, 4.69) is 12.2 Å². The van der Waals surface area contributed by atoms with Crippen LogP contribution in [0.4, 0.5) is 4.79 Å². The molecule has 6 heteroatoms. The van der Waals surface area contributed by atoms with Crippen LogP contribution in [-0.2, 0) is 16.0 Å². The molecule has 0 fully saturated rings. The third kappa shape index (κ3) is 9.87. The second-order valence-electron chi connectivity index (χ2n) is 7.87. The van der Waals surface area contributed by atoms with Crippen LogP contribution in [0.2, 0.25) is 0 Å². The summed E-state index contributed by atoms with van der Waals surface area (Å²) in [5.74, 6) is -0.644. The maximum atomic E-state index is 12.1. The molecule has 0 spiro atoms. The number of amides is 1. The Morgan fingerprint density at radius 3 is 2.33 bits per heavy atom. The summed E-state index contributed by atoms with van der Waals surface area (Å²) in [6.45, 7) is 9.81. The number of carbonyl (C=O) groups excluding carboxylic acids is 1. The molecule has 2 atom stereocenters. The number of hydrogen-bond donors (Lipinski definition) is 2. The fraction of sp³-hybridized carbons (Fsp3) is 0.619. The van der Waals surface area contributed by atoms with E-state index in [1.54, 1.807) is 27.7 Å². The van der Waals surface area contributed by atoms with E-state index in [4.69, 9.17) is 9.47 Å². The number of aliphatic carboxylic acids is 1. The summed E-state index contributed by atoms with van der Waals surface area (Å²) in [5, 5.41) is 12.0. The molecule has 0 unspecified atom stereocenters. The Hall–Kier alpha value is -2.24. The maximum Gasteiger partial charge on any atom is 0.407 e. The summed E-state index contributed by atoms with van der Waals surface area (Å²) in [6, 6.07) is 7.34. The zero-order valence-electron chi connectivity index (χ0n) is 17.1. The molecule has 0 heterocycles. The van der Waals surface area contributed by atoms with E-state index in [0.717, 1.165) is 24.2 Å². The number of benzene rings is 1. The lowest BCUT2D eigenvalue weighted by atomic mass is 9.96. The van der Waals surface area contributed by atoms with Crippen LogP contribution in [0.1, 0.15) is 59.4 Å². The highest BCUT2D eigenvalue weighted by atomic mass is 16.6. The quantitative estimate of drug-likeness (QED) is 0.588. The highest BCUT2D eigenvalue weighted by Gasteiger charge is 2.23. The first-order chi connectivity index (χ1) is 12.6. The number of unbranched alkanes of at least 4 members (excludes halogenated alkanes) is 1. The zero-order chi connectivity index (χ0) is 20.4. The van der Waals surface area contributed by atoms with E-state index in [0.29, 0.717) is 19.4 Å². The average molecular weight is 379 g/mol. The molecule has 0 aliphatic rings.